The summed E-state index contributed by atoms with van der Waals surface area (Å²) in [7, 11) is -3.09. The van der Waals surface area contributed by atoms with Crippen molar-refractivity contribution in [3.05, 3.63) is 45.5 Å². The van der Waals surface area contributed by atoms with Gasteiger partial charge in [0.1, 0.15) is 5.82 Å². The summed E-state index contributed by atoms with van der Waals surface area (Å²) in [6.07, 6.45) is 2.03. The van der Waals surface area contributed by atoms with Crippen LogP contribution >= 0.6 is 11.8 Å². The fourth-order valence-corrected chi connectivity index (χ4v) is 6.42. The van der Waals surface area contributed by atoms with E-state index in [9.17, 15) is 18.0 Å². The molecule has 2 aromatic heterocycles. The third kappa shape index (κ3) is 2.96. The molecular formula is C16H18N4O4S2. The number of hydrogen-bond acceptors (Lipinski definition) is 6. The maximum atomic E-state index is 12.3. The molecule has 0 spiro atoms. The third-order valence-electron chi connectivity index (χ3n) is 4.72. The molecule has 2 aromatic rings. The molecule has 0 radical (unpaired) electrons. The number of hydrogen-bond donors (Lipinski definition) is 2. The summed E-state index contributed by atoms with van der Waals surface area (Å²) in [6.45, 7) is 1.82. The molecule has 26 heavy (non-hydrogen) atoms. The number of amides is 1. The second-order valence-corrected chi connectivity index (χ2v) is 9.87. The SMILES string of the molecule is Cc1nn([C@@H]2CCS(=O)(=O)C2)c2c1[C@H](c1ccc[nH]c1=O)SCC(=O)N2. The first-order valence-electron chi connectivity index (χ1n) is 8.24. The van der Waals surface area contributed by atoms with Crippen molar-refractivity contribution in [2.45, 2.75) is 24.6 Å². The zero-order valence-corrected chi connectivity index (χ0v) is 15.7. The zero-order valence-electron chi connectivity index (χ0n) is 14.1. The summed E-state index contributed by atoms with van der Waals surface area (Å²) in [5.74, 6) is 0.660. The van der Waals surface area contributed by atoms with Gasteiger partial charge < -0.3 is 10.3 Å². The van der Waals surface area contributed by atoms with Crippen LogP contribution in [0.3, 0.4) is 0 Å². The third-order valence-corrected chi connectivity index (χ3v) is 7.72. The number of anilines is 1. The first-order chi connectivity index (χ1) is 12.4. The minimum atomic E-state index is -3.09. The lowest BCUT2D eigenvalue weighted by Gasteiger charge is -2.16. The second-order valence-electron chi connectivity index (χ2n) is 6.54. The van der Waals surface area contributed by atoms with Crippen LogP contribution in [0, 0.1) is 6.92 Å². The Morgan fingerprint density at radius 1 is 1.35 bits per heavy atom. The van der Waals surface area contributed by atoms with Gasteiger partial charge in [-0.2, -0.15) is 5.10 Å². The predicted octanol–water partition coefficient (Wildman–Crippen LogP) is 1.01. The fourth-order valence-electron chi connectivity index (χ4n) is 3.53. The standard InChI is InChI=1S/C16H18N4O4S2/c1-9-13-14(11-3-2-5-17-16(11)22)25-7-12(21)18-15(13)20(19-9)10-4-6-26(23,24)8-10/h2-3,5,10,14H,4,6-8H2,1H3,(H,17,22)(H,18,21)/t10-,14+/m1/s1. The summed E-state index contributed by atoms with van der Waals surface area (Å²) in [5, 5.41) is 7.06. The minimum Gasteiger partial charge on any atom is -0.329 e. The number of rotatable bonds is 2. The van der Waals surface area contributed by atoms with E-state index in [2.05, 4.69) is 15.4 Å². The normalized spacial score (nSPS) is 24.7. The van der Waals surface area contributed by atoms with Crippen molar-refractivity contribution in [2.75, 3.05) is 22.6 Å². The van der Waals surface area contributed by atoms with Gasteiger partial charge in [-0.25, -0.2) is 13.1 Å². The number of carbonyl (C=O) groups is 1. The lowest BCUT2D eigenvalue weighted by Crippen LogP contribution is -2.20. The zero-order chi connectivity index (χ0) is 18.5. The van der Waals surface area contributed by atoms with Gasteiger partial charge in [-0.3, -0.25) is 9.59 Å². The number of aromatic amines is 1. The summed E-state index contributed by atoms with van der Waals surface area (Å²) >= 11 is 1.37. The number of H-pyrrole nitrogens is 1. The molecule has 1 fully saturated rings. The van der Waals surface area contributed by atoms with Gasteiger partial charge in [0.05, 0.1) is 34.2 Å². The molecule has 0 aliphatic carbocycles. The number of nitrogens with zero attached hydrogens (tertiary/aromatic N) is 2. The topological polar surface area (TPSA) is 114 Å². The number of fused-ring (bicyclic) bond motifs is 1. The largest absolute Gasteiger partial charge is 0.329 e. The molecule has 2 aliphatic rings. The van der Waals surface area contributed by atoms with E-state index in [0.717, 1.165) is 5.56 Å². The van der Waals surface area contributed by atoms with E-state index in [-0.39, 0.29) is 40.0 Å². The minimum absolute atomic E-state index is 0.0140. The van der Waals surface area contributed by atoms with E-state index in [1.165, 1.54) is 11.8 Å². The first kappa shape index (κ1) is 17.3. The molecule has 1 amide bonds. The molecule has 2 aliphatic heterocycles. The van der Waals surface area contributed by atoms with E-state index in [1.54, 1.807) is 23.0 Å². The molecule has 0 aromatic carbocycles. The highest BCUT2D eigenvalue weighted by atomic mass is 32.2. The molecule has 2 N–H and O–H groups in total. The molecule has 4 rings (SSSR count). The van der Waals surface area contributed by atoms with Crippen molar-refractivity contribution < 1.29 is 13.2 Å². The summed E-state index contributed by atoms with van der Waals surface area (Å²) in [4.78, 5) is 27.2. The summed E-state index contributed by atoms with van der Waals surface area (Å²) in [6, 6.07) is 3.19. The molecule has 0 unspecified atom stereocenters. The van der Waals surface area contributed by atoms with E-state index in [1.807, 2.05) is 6.92 Å². The number of thioether (sulfide) groups is 1. The second kappa shape index (κ2) is 6.27. The van der Waals surface area contributed by atoms with Crippen LogP contribution in [0.4, 0.5) is 5.82 Å². The molecule has 4 heterocycles. The van der Waals surface area contributed by atoms with Crippen LogP contribution in [-0.2, 0) is 14.6 Å². The Kier molecular flexibility index (Phi) is 4.19. The first-order valence-corrected chi connectivity index (χ1v) is 11.1. The van der Waals surface area contributed by atoms with Crippen molar-refractivity contribution in [1.82, 2.24) is 14.8 Å². The van der Waals surface area contributed by atoms with Crippen LogP contribution in [0.2, 0.25) is 0 Å². The van der Waals surface area contributed by atoms with Crippen molar-refractivity contribution in [2.24, 2.45) is 0 Å². The van der Waals surface area contributed by atoms with Crippen LogP contribution in [0.5, 0.6) is 0 Å². The van der Waals surface area contributed by atoms with Gasteiger partial charge in [-0.1, -0.05) is 6.07 Å². The van der Waals surface area contributed by atoms with Gasteiger partial charge in [0.2, 0.25) is 5.91 Å². The maximum Gasteiger partial charge on any atom is 0.252 e. The Morgan fingerprint density at radius 3 is 2.85 bits per heavy atom. The molecular weight excluding hydrogens is 376 g/mol. The molecule has 1 saturated heterocycles. The van der Waals surface area contributed by atoms with Gasteiger partial charge in [-0.15, -0.1) is 11.8 Å². The fraction of sp³-hybridized carbons (Fsp3) is 0.438. The van der Waals surface area contributed by atoms with Crippen molar-refractivity contribution in [3.63, 3.8) is 0 Å². The van der Waals surface area contributed by atoms with Crippen LogP contribution in [0.15, 0.2) is 23.1 Å². The lowest BCUT2D eigenvalue weighted by molar-refractivity contribution is -0.113. The Balaban J connectivity index is 1.86. The number of sulfone groups is 1. The summed E-state index contributed by atoms with van der Waals surface area (Å²) < 4.78 is 25.4. The van der Waals surface area contributed by atoms with Crippen LogP contribution < -0.4 is 10.9 Å². The smallest absolute Gasteiger partial charge is 0.252 e. The van der Waals surface area contributed by atoms with Crippen LogP contribution in [0.1, 0.15) is 34.5 Å². The number of aryl methyl sites for hydroxylation is 1. The highest BCUT2D eigenvalue weighted by Crippen LogP contribution is 2.43. The Labute approximate surface area is 154 Å². The van der Waals surface area contributed by atoms with Crippen molar-refractivity contribution in [3.8, 4) is 0 Å². The van der Waals surface area contributed by atoms with Crippen LogP contribution in [0.25, 0.3) is 0 Å². The lowest BCUT2D eigenvalue weighted by atomic mass is 10.1. The molecule has 138 valence electrons. The molecule has 10 heteroatoms. The van der Waals surface area contributed by atoms with Gasteiger partial charge in [0, 0.05) is 17.3 Å². The van der Waals surface area contributed by atoms with Gasteiger partial charge in [0.25, 0.3) is 5.56 Å². The van der Waals surface area contributed by atoms with E-state index in [0.29, 0.717) is 23.5 Å². The number of nitrogens with one attached hydrogen (secondary N) is 2. The van der Waals surface area contributed by atoms with Gasteiger partial charge >= 0.3 is 0 Å². The predicted molar refractivity (Wildman–Crippen MR) is 99.3 cm³/mol. The maximum absolute atomic E-state index is 12.3. The highest BCUT2D eigenvalue weighted by Gasteiger charge is 2.36. The number of pyridine rings is 1. The van der Waals surface area contributed by atoms with Crippen molar-refractivity contribution in [1.29, 1.82) is 0 Å². The molecule has 0 saturated carbocycles. The van der Waals surface area contributed by atoms with Gasteiger partial charge in [-0.05, 0) is 19.4 Å². The molecule has 8 nitrogen and oxygen atoms in total. The molecule has 2 atom stereocenters. The van der Waals surface area contributed by atoms with E-state index < -0.39 is 9.84 Å². The molecule has 0 bridgehead atoms. The van der Waals surface area contributed by atoms with E-state index >= 15 is 0 Å². The number of carbonyl (C=O) groups excluding carboxylic acids is 1. The van der Waals surface area contributed by atoms with E-state index in [4.69, 9.17) is 0 Å². The highest BCUT2D eigenvalue weighted by molar-refractivity contribution is 8.00. The van der Waals surface area contributed by atoms with Gasteiger partial charge in [0.15, 0.2) is 9.84 Å². The van der Waals surface area contributed by atoms with Crippen molar-refractivity contribution >= 4 is 33.3 Å². The summed E-state index contributed by atoms with van der Waals surface area (Å²) in [5.41, 5.74) is 1.80. The average molecular weight is 394 g/mol. The Bertz CT molecular complexity index is 1040. The number of aromatic nitrogens is 3. The quantitative estimate of drug-likeness (QED) is 0.786. The Morgan fingerprint density at radius 2 is 2.15 bits per heavy atom. The monoisotopic (exact) mass is 394 g/mol. The Hall–Kier alpha value is -2.07. The average Bonchev–Trinajstić information content (AvgIpc) is 3.03. The van der Waals surface area contributed by atoms with Crippen LogP contribution in [-0.4, -0.2) is 46.3 Å².